The molecular weight excluding hydrogens is 500 g/mol. The first kappa shape index (κ1) is 25.5. The van der Waals surface area contributed by atoms with Crippen molar-refractivity contribution in [2.75, 3.05) is 13.1 Å². The summed E-state index contributed by atoms with van der Waals surface area (Å²) in [5.74, 6) is 0.811. The second kappa shape index (κ2) is 11.1. The molecule has 0 aromatic carbocycles. The molecule has 5 aromatic heterocycles. The van der Waals surface area contributed by atoms with Gasteiger partial charge in [-0.3, -0.25) is 5.10 Å². The summed E-state index contributed by atoms with van der Waals surface area (Å²) >= 11 is 1.79. The number of allylic oxidation sites excluding steroid dienone is 3. The standard InChI is InChI=1S/C32H34N6S/c1-4-21(18-33-19-22-8-6-7-9-22)16-23(5-2)26-11-12-27-30(35-26)31(38-37-27)28-17-25-24(14-15-34-32(25)36-28)29-13-10-20(3)39-29/h4-5,10-17,22,33H,1,6-9,18-19H2,2-3H3,(H,34,36)(H,37,38)/b21-16+,23-5+. The Kier molecular flexibility index (Phi) is 7.26. The van der Waals surface area contributed by atoms with Crippen LogP contribution >= 0.6 is 11.3 Å². The maximum atomic E-state index is 5.07. The van der Waals surface area contributed by atoms with Gasteiger partial charge in [0.15, 0.2) is 0 Å². The summed E-state index contributed by atoms with van der Waals surface area (Å²) in [5, 5.41) is 12.5. The van der Waals surface area contributed by atoms with Gasteiger partial charge < -0.3 is 10.3 Å². The molecule has 5 heterocycles. The molecule has 0 bridgehead atoms. The summed E-state index contributed by atoms with van der Waals surface area (Å²) in [5.41, 5.74) is 8.58. The first-order chi connectivity index (χ1) is 19.1. The number of hydrogen-bond donors (Lipinski definition) is 3. The number of aromatic nitrogens is 5. The molecule has 3 N–H and O–H groups in total. The Morgan fingerprint density at radius 1 is 1.18 bits per heavy atom. The minimum absolute atomic E-state index is 0.791. The Labute approximate surface area is 233 Å². The van der Waals surface area contributed by atoms with Crippen LogP contribution in [0.2, 0.25) is 0 Å². The van der Waals surface area contributed by atoms with Crippen LogP contribution in [0.3, 0.4) is 0 Å². The lowest BCUT2D eigenvalue weighted by Gasteiger charge is -2.11. The van der Waals surface area contributed by atoms with Crippen molar-refractivity contribution >= 4 is 39.0 Å². The van der Waals surface area contributed by atoms with Crippen molar-refractivity contribution in [3.63, 3.8) is 0 Å². The van der Waals surface area contributed by atoms with Gasteiger partial charge in [-0.2, -0.15) is 5.10 Å². The van der Waals surface area contributed by atoms with Gasteiger partial charge in [-0.15, -0.1) is 11.3 Å². The van der Waals surface area contributed by atoms with Crippen molar-refractivity contribution in [2.45, 2.75) is 39.5 Å². The number of pyridine rings is 2. The molecule has 0 saturated heterocycles. The van der Waals surface area contributed by atoms with E-state index in [-0.39, 0.29) is 0 Å². The fraction of sp³-hybridized carbons (Fsp3) is 0.281. The van der Waals surface area contributed by atoms with Crippen LogP contribution in [0.25, 0.3) is 49.5 Å². The second-order valence-corrected chi connectivity index (χ2v) is 11.6. The lowest BCUT2D eigenvalue weighted by atomic mass is 10.1. The highest BCUT2D eigenvalue weighted by Crippen LogP contribution is 2.36. The second-order valence-electron chi connectivity index (χ2n) is 10.3. The molecule has 39 heavy (non-hydrogen) atoms. The zero-order chi connectivity index (χ0) is 26.8. The lowest BCUT2D eigenvalue weighted by Crippen LogP contribution is -2.23. The van der Waals surface area contributed by atoms with Crippen LogP contribution in [-0.4, -0.2) is 38.2 Å². The topological polar surface area (TPSA) is 82.3 Å². The quantitative estimate of drug-likeness (QED) is 0.168. The third kappa shape index (κ3) is 5.24. The number of hydrogen-bond acceptors (Lipinski definition) is 5. The van der Waals surface area contributed by atoms with Gasteiger partial charge in [-0.25, -0.2) is 9.97 Å². The molecule has 0 unspecified atom stereocenters. The predicted octanol–water partition coefficient (Wildman–Crippen LogP) is 7.83. The zero-order valence-electron chi connectivity index (χ0n) is 22.6. The van der Waals surface area contributed by atoms with Crippen LogP contribution in [0.5, 0.6) is 0 Å². The van der Waals surface area contributed by atoms with E-state index in [1.165, 1.54) is 41.0 Å². The molecule has 7 heteroatoms. The molecule has 0 aliphatic heterocycles. The zero-order valence-corrected chi connectivity index (χ0v) is 23.4. The van der Waals surface area contributed by atoms with Crippen LogP contribution < -0.4 is 5.32 Å². The number of fused-ring (bicyclic) bond motifs is 2. The van der Waals surface area contributed by atoms with Crippen molar-refractivity contribution in [2.24, 2.45) is 5.92 Å². The Bertz CT molecular complexity index is 1690. The Morgan fingerprint density at radius 2 is 2.05 bits per heavy atom. The summed E-state index contributed by atoms with van der Waals surface area (Å²) in [7, 11) is 0. The van der Waals surface area contributed by atoms with Crippen molar-refractivity contribution in [3.05, 3.63) is 83.5 Å². The van der Waals surface area contributed by atoms with Gasteiger partial charge in [0.1, 0.15) is 16.9 Å². The summed E-state index contributed by atoms with van der Waals surface area (Å²) < 4.78 is 0. The van der Waals surface area contributed by atoms with Gasteiger partial charge in [0.25, 0.3) is 0 Å². The van der Waals surface area contributed by atoms with Crippen molar-refractivity contribution in [3.8, 4) is 21.8 Å². The molecule has 1 aliphatic rings. The predicted molar refractivity (Wildman–Crippen MR) is 164 cm³/mol. The van der Waals surface area contributed by atoms with E-state index in [1.54, 1.807) is 11.3 Å². The third-order valence-electron chi connectivity index (χ3n) is 7.65. The minimum Gasteiger partial charge on any atom is -0.338 e. The van der Waals surface area contributed by atoms with Gasteiger partial charge >= 0.3 is 0 Å². The van der Waals surface area contributed by atoms with Gasteiger partial charge in [0.2, 0.25) is 0 Å². The van der Waals surface area contributed by atoms with Crippen LogP contribution in [-0.2, 0) is 0 Å². The monoisotopic (exact) mass is 534 g/mol. The SMILES string of the molecule is C=C/C(=C\C(=C/C)c1ccc2[nH]nc(-c3cc4c(-c5ccc(C)s5)ccnc4[nH]3)c2n1)CNCC1CCCC1. The molecule has 1 fully saturated rings. The average Bonchev–Trinajstić information content (AvgIpc) is 3.76. The summed E-state index contributed by atoms with van der Waals surface area (Å²) in [4.78, 5) is 15.7. The molecule has 0 amide bonds. The van der Waals surface area contributed by atoms with Gasteiger partial charge in [0, 0.05) is 33.4 Å². The highest BCUT2D eigenvalue weighted by molar-refractivity contribution is 7.15. The normalized spacial score (nSPS) is 15.1. The van der Waals surface area contributed by atoms with E-state index in [4.69, 9.17) is 4.98 Å². The summed E-state index contributed by atoms with van der Waals surface area (Å²) in [6.07, 6.45) is 13.5. The molecule has 1 aliphatic carbocycles. The molecule has 0 radical (unpaired) electrons. The molecule has 6 rings (SSSR count). The van der Waals surface area contributed by atoms with E-state index in [2.05, 4.69) is 88.4 Å². The van der Waals surface area contributed by atoms with E-state index >= 15 is 0 Å². The lowest BCUT2D eigenvalue weighted by molar-refractivity contribution is 0.503. The van der Waals surface area contributed by atoms with Crippen molar-refractivity contribution in [1.82, 2.24) is 30.5 Å². The molecule has 198 valence electrons. The Hall–Kier alpha value is -3.81. The minimum atomic E-state index is 0.791. The average molecular weight is 535 g/mol. The first-order valence-electron chi connectivity index (χ1n) is 13.7. The fourth-order valence-corrected chi connectivity index (χ4v) is 6.43. The molecule has 0 spiro atoms. The van der Waals surface area contributed by atoms with E-state index in [0.717, 1.165) is 69.3 Å². The maximum absolute atomic E-state index is 5.07. The van der Waals surface area contributed by atoms with E-state index in [0.29, 0.717) is 0 Å². The van der Waals surface area contributed by atoms with Crippen LogP contribution in [0, 0.1) is 12.8 Å². The van der Waals surface area contributed by atoms with Crippen molar-refractivity contribution < 1.29 is 0 Å². The van der Waals surface area contributed by atoms with Gasteiger partial charge in [0.05, 0.1) is 16.9 Å². The molecule has 6 nitrogen and oxygen atoms in total. The summed E-state index contributed by atoms with van der Waals surface area (Å²) in [6.45, 7) is 10.1. The van der Waals surface area contributed by atoms with Crippen LogP contribution in [0.15, 0.2) is 73.0 Å². The van der Waals surface area contributed by atoms with Crippen LogP contribution in [0.4, 0.5) is 0 Å². The highest BCUT2D eigenvalue weighted by Gasteiger charge is 2.17. The fourth-order valence-electron chi connectivity index (χ4n) is 5.52. The van der Waals surface area contributed by atoms with Gasteiger partial charge in [-0.1, -0.05) is 31.6 Å². The van der Waals surface area contributed by atoms with E-state index in [1.807, 2.05) is 18.3 Å². The Morgan fingerprint density at radius 3 is 2.82 bits per heavy atom. The highest BCUT2D eigenvalue weighted by atomic mass is 32.1. The number of nitrogens with one attached hydrogen (secondary N) is 3. The number of aryl methyl sites for hydroxylation is 1. The summed E-state index contributed by atoms with van der Waals surface area (Å²) in [6, 6.07) is 12.6. The van der Waals surface area contributed by atoms with Crippen molar-refractivity contribution in [1.29, 1.82) is 0 Å². The number of nitrogens with zero attached hydrogens (tertiary/aromatic N) is 3. The number of H-pyrrole nitrogens is 2. The molecule has 1 saturated carbocycles. The van der Waals surface area contributed by atoms with E-state index in [9.17, 15) is 0 Å². The largest absolute Gasteiger partial charge is 0.338 e. The Balaban J connectivity index is 1.30. The number of rotatable bonds is 9. The third-order valence-corrected chi connectivity index (χ3v) is 8.68. The maximum Gasteiger partial charge on any atom is 0.138 e. The first-order valence-corrected chi connectivity index (χ1v) is 14.5. The smallest absolute Gasteiger partial charge is 0.138 e. The van der Waals surface area contributed by atoms with Crippen LogP contribution in [0.1, 0.15) is 43.2 Å². The molecule has 0 atom stereocenters. The van der Waals surface area contributed by atoms with Gasteiger partial charge in [-0.05, 0) is 92.8 Å². The molecule has 5 aromatic rings. The van der Waals surface area contributed by atoms with E-state index < -0.39 is 0 Å². The number of aromatic amines is 2. The number of thiophene rings is 1. The molecular formula is C32H34N6S.